The first-order valence-electron chi connectivity index (χ1n) is 6.23. The van der Waals surface area contributed by atoms with Crippen molar-refractivity contribution in [3.8, 4) is 11.5 Å². The third-order valence-electron chi connectivity index (χ3n) is 2.78. The highest BCUT2D eigenvalue weighted by molar-refractivity contribution is 8.00. The number of halogens is 3. The van der Waals surface area contributed by atoms with Crippen molar-refractivity contribution in [1.29, 1.82) is 0 Å². The number of nitrogens with one attached hydrogen (secondary N) is 1. The van der Waals surface area contributed by atoms with Crippen molar-refractivity contribution in [2.24, 2.45) is 0 Å². The van der Waals surface area contributed by atoms with Crippen LogP contribution in [0.15, 0.2) is 33.7 Å². The maximum absolute atomic E-state index is 12.2. The second-order valence-corrected chi connectivity index (χ2v) is 5.62. The van der Waals surface area contributed by atoms with Crippen LogP contribution in [0.25, 0.3) is 11.5 Å². The smallest absolute Gasteiger partial charge is 0.334 e. The van der Waals surface area contributed by atoms with E-state index in [1.165, 1.54) is 24.3 Å². The number of benzene rings is 1. The Morgan fingerprint density at radius 1 is 1.29 bits per heavy atom. The summed E-state index contributed by atoms with van der Waals surface area (Å²) in [6.07, 6.45) is 0.613. The van der Waals surface area contributed by atoms with Crippen LogP contribution in [0.2, 0.25) is 0 Å². The molecule has 0 aliphatic heterocycles. The van der Waals surface area contributed by atoms with Crippen molar-refractivity contribution in [1.82, 2.24) is 15.5 Å². The Balaban J connectivity index is 2.08. The molecular formula is C13H14F3N3OS. The van der Waals surface area contributed by atoms with Gasteiger partial charge in [-0.25, -0.2) is 0 Å². The van der Waals surface area contributed by atoms with E-state index in [-0.39, 0.29) is 22.7 Å². The normalized spacial score (nSPS) is 13.4. The van der Waals surface area contributed by atoms with Crippen molar-refractivity contribution in [3.63, 3.8) is 0 Å². The molecule has 0 bridgehead atoms. The van der Waals surface area contributed by atoms with E-state index >= 15 is 0 Å². The molecule has 0 aliphatic carbocycles. The van der Waals surface area contributed by atoms with Gasteiger partial charge in [0.2, 0.25) is 0 Å². The number of aromatic nitrogens is 2. The number of likely N-dealkylation sites (N-methyl/N-ethyl adjacent to an activating group) is 1. The van der Waals surface area contributed by atoms with Gasteiger partial charge in [0.15, 0.2) is 5.82 Å². The lowest BCUT2D eigenvalue weighted by Crippen LogP contribution is -2.24. The Bertz CT molecular complexity index is 583. The van der Waals surface area contributed by atoms with Crippen LogP contribution in [0.3, 0.4) is 0 Å². The summed E-state index contributed by atoms with van der Waals surface area (Å²) >= 11 is -0.154. The fourth-order valence-corrected chi connectivity index (χ4v) is 2.17. The molecule has 21 heavy (non-hydrogen) atoms. The molecule has 0 saturated heterocycles. The van der Waals surface area contributed by atoms with Gasteiger partial charge in [-0.15, -0.1) is 0 Å². The van der Waals surface area contributed by atoms with E-state index in [1.54, 1.807) is 0 Å². The van der Waals surface area contributed by atoms with Gasteiger partial charge < -0.3 is 9.84 Å². The van der Waals surface area contributed by atoms with Crippen molar-refractivity contribution in [2.45, 2.75) is 29.8 Å². The largest absolute Gasteiger partial charge is 0.446 e. The molecule has 1 aromatic heterocycles. The van der Waals surface area contributed by atoms with Crippen molar-refractivity contribution in [2.75, 3.05) is 7.05 Å². The van der Waals surface area contributed by atoms with Gasteiger partial charge in [-0.1, -0.05) is 5.16 Å². The topological polar surface area (TPSA) is 51.0 Å². The first-order chi connectivity index (χ1) is 9.87. The summed E-state index contributed by atoms with van der Waals surface area (Å²) in [6.45, 7) is 1.99. The molecular weight excluding hydrogens is 303 g/mol. The lowest BCUT2D eigenvalue weighted by molar-refractivity contribution is -0.0328. The number of hydrogen-bond donors (Lipinski definition) is 1. The van der Waals surface area contributed by atoms with Gasteiger partial charge in [0.1, 0.15) is 0 Å². The molecule has 0 aliphatic rings. The first-order valence-corrected chi connectivity index (χ1v) is 7.05. The predicted molar refractivity (Wildman–Crippen MR) is 73.9 cm³/mol. The minimum atomic E-state index is -4.29. The summed E-state index contributed by atoms with van der Waals surface area (Å²) in [4.78, 5) is 4.35. The maximum Gasteiger partial charge on any atom is 0.446 e. The summed E-state index contributed by atoms with van der Waals surface area (Å²) in [5, 5.41) is 6.91. The first kappa shape index (κ1) is 15.8. The number of alkyl halides is 3. The fourth-order valence-electron chi connectivity index (χ4n) is 1.63. The quantitative estimate of drug-likeness (QED) is 0.855. The zero-order valence-electron chi connectivity index (χ0n) is 11.4. The molecule has 0 fully saturated rings. The fraction of sp³-hybridized carbons (Fsp3) is 0.385. The molecule has 114 valence electrons. The van der Waals surface area contributed by atoms with Crippen LogP contribution in [0.1, 0.15) is 12.7 Å². The zero-order valence-corrected chi connectivity index (χ0v) is 12.3. The van der Waals surface area contributed by atoms with E-state index in [0.29, 0.717) is 23.7 Å². The Kier molecular flexibility index (Phi) is 4.89. The van der Waals surface area contributed by atoms with Crippen molar-refractivity contribution < 1.29 is 17.7 Å². The predicted octanol–water partition coefficient (Wildman–Crippen LogP) is 3.50. The lowest BCUT2D eigenvalue weighted by atomic mass is 10.2. The van der Waals surface area contributed by atoms with Crippen LogP contribution in [0.4, 0.5) is 13.2 Å². The molecule has 2 aromatic rings. The second-order valence-electron chi connectivity index (χ2n) is 4.48. The van der Waals surface area contributed by atoms with Crippen LogP contribution in [-0.4, -0.2) is 28.7 Å². The summed E-state index contributed by atoms with van der Waals surface area (Å²) in [6, 6.07) is 6.04. The van der Waals surface area contributed by atoms with Gasteiger partial charge in [0.05, 0.1) is 0 Å². The average Bonchev–Trinajstić information content (AvgIpc) is 2.86. The molecule has 1 heterocycles. The highest BCUT2D eigenvalue weighted by atomic mass is 32.2. The maximum atomic E-state index is 12.2. The van der Waals surface area contributed by atoms with Crippen molar-refractivity contribution >= 4 is 11.8 Å². The molecule has 1 atom stereocenters. The average molecular weight is 317 g/mol. The molecule has 1 N–H and O–H groups in total. The Morgan fingerprint density at radius 2 is 1.95 bits per heavy atom. The van der Waals surface area contributed by atoms with E-state index in [2.05, 4.69) is 15.5 Å². The Labute approximate surface area is 124 Å². The van der Waals surface area contributed by atoms with Crippen LogP contribution < -0.4 is 5.32 Å². The summed E-state index contributed by atoms with van der Waals surface area (Å²) in [5.41, 5.74) is -3.69. The summed E-state index contributed by atoms with van der Waals surface area (Å²) < 4.78 is 41.8. The zero-order chi connectivity index (χ0) is 15.5. The summed E-state index contributed by atoms with van der Waals surface area (Å²) in [7, 11) is 1.84. The number of thioether (sulfide) groups is 1. The van der Waals surface area contributed by atoms with E-state index in [1.807, 2.05) is 14.0 Å². The number of nitrogens with zero attached hydrogens (tertiary/aromatic N) is 2. The van der Waals surface area contributed by atoms with Gasteiger partial charge >= 0.3 is 5.51 Å². The molecule has 1 aromatic carbocycles. The third kappa shape index (κ3) is 4.75. The molecule has 0 saturated carbocycles. The molecule has 0 amide bonds. The number of hydrogen-bond acceptors (Lipinski definition) is 5. The third-order valence-corrected chi connectivity index (χ3v) is 3.52. The SMILES string of the molecule is CNC(C)Cc1noc(-c2ccc(SC(F)(F)F)cc2)n1. The highest BCUT2D eigenvalue weighted by Gasteiger charge is 2.29. The summed E-state index contributed by atoms with van der Waals surface area (Å²) in [5.74, 6) is 0.859. The molecule has 1 unspecified atom stereocenters. The Morgan fingerprint density at radius 3 is 2.52 bits per heavy atom. The van der Waals surface area contributed by atoms with Gasteiger partial charge in [0, 0.05) is 22.9 Å². The highest BCUT2D eigenvalue weighted by Crippen LogP contribution is 2.37. The Hall–Kier alpha value is -1.54. The molecule has 4 nitrogen and oxygen atoms in total. The van der Waals surface area contributed by atoms with Crippen LogP contribution in [-0.2, 0) is 6.42 Å². The second kappa shape index (κ2) is 6.48. The van der Waals surface area contributed by atoms with E-state index < -0.39 is 5.51 Å². The molecule has 8 heteroatoms. The molecule has 2 rings (SSSR count). The monoisotopic (exact) mass is 317 g/mol. The number of rotatable bonds is 5. The van der Waals surface area contributed by atoms with Gasteiger partial charge in [0.25, 0.3) is 5.89 Å². The standard InChI is InChI=1S/C13H14F3N3OS/c1-8(17-2)7-11-18-12(20-19-11)9-3-5-10(6-4-9)21-13(14,15)16/h3-6,8,17H,7H2,1-2H3. The molecule has 0 radical (unpaired) electrons. The van der Waals surface area contributed by atoms with Gasteiger partial charge in [-0.2, -0.15) is 18.2 Å². The molecule has 0 spiro atoms. The van der Waals surface area contributed by atoms with Gasteiger partial charge in [-0.3, -0.25) is 0 Å². The lowest BCUT2D eigenvalue weighted by Gasteiger charge is -2.05. The van der Waals surface area contributed by atoms with Crippen LogP contribution in [0, 0.1) is 0 Å². The van der Waals surface area contributed by atoms with Crippen LogP contribution >= 0.6 is 11.8 Å². The van der Waals surface area contributed by atoms with Crippen molar-refractivity contribution in [3.05, 3.63) is 30.1 Å². The van der Waals surface area contributed by atoms with E-state index in [4.69, 9.17) is 4.52 Å². The van der Waals surface area contributed by atoms with Gasteiger partial charge in [-0.05, 0) is 50.0 Å². The van der Waals surface area contributed by atoms with Crippen LogP contribution in [0.5, 0.6) is 0 Å². The van der Waals surface area contributed by atoms with E-state index in [9.17, 15) is 13.2 Å². The minimum Gasteiger partial charge on any atom is -0.334 e. The van der Waals surface area contributed by atoms with E-state index in [0.717, 1.165) is 0 Å². The minimum absolute atomic E-state index is 0.120.